The zero-order valence-corrected chi connectivity index (χ0v) is 51.1. The van der Waals surface area contributed by atoms with Gasteiger partial charge < -0.3 is 33.3 Å². The molecule has 2 unspecified atom stereocenters. The van der Waals surface area contributed by atoms with E-state index in [1.54, 1.807) is 0 Å². The van der Waals surface area contributed by atoms with Gasteiger partial charge in [-0.25, -0.2) is 0 Å². The van der Waals surface area contributed by atoms with Crippen molar-refractivity contribution in [3.63, 3.8) is 0 Å². The van der Waals surface area contributed by atoms with Gasteiger partial charge in [0, 0.05) is 12.8 Å². The first kappa shape index (κ1) is 74.0. The van der Waals surface area contributed by atoms with Gasteiger partial charge in [0.25, 0.3) is 0 Å². The lowest BCUT2D eigenvalue weighted by molar-refractivity contribution is -0.870. The number of ether oxygens (including phenoxy) is 4. The molecular weight excluding hydrogens is 959 g/mol. The molecule has 0 aliphatic carbocycles. The molecule has 448 valence electrons. The number of hydrogen-bond acceptors (Lipinski definition) is 8. The van der Waals surface area contributed by atoms with Gasteiger partial charge in [-0.15, -0.1) is 0 Å². The van der Waals surface area contributed by atoms with E-state index in [1.165, 1.54) is 205 Å². The zero-order valence-electron chi connectivity index (χ0n) is 51.1. The largest absolute Gasteiger partial charge is 0.545 e. The van der Waals surface area contributed by atoms with Crippen molar-refractivity contribution in [2.24, 2.45) is 0 Å². The van der Waals surface area contributed by atoms with Crippen LogP contribution in [0.3, 0.4) is 0 Å². The number of hydrogen-bond donors (Lipinski definition) is 0. The van der Waals surface area contributed by atoms with Crippen molar-refractivity contribution in [3.8, 4) is 0 Å². The maximum absolute atomic E-state index is 12.9. The molecule has 0 aliphatic rings. The topological polar surface area (TPSA) is 111 Å². The molecule has 0 saturated carbocycles. The van der Waals surface area contributed by atoms with E-state index in [1.807, 2.05) is 21.1 Å². The minimum absolute atomic E-state index is 0.148. The predicted molar refractivity (Wildman–Crippen MR) is 325 cm³/mol. The van der Waals surface area contributed by atoms with Crippen LogP contribution in [-0.4, -0.2) is 82.3 Å². The van der Waals surface area contributed by atoms with Crippen LogP contribution in [0.1, 0.15) is 296 Å². The van der Waals surface area contributed by atoms with Crippen LogP contribution < -0.4 is 5.11 Å². The number of carbonyl (C=O) groups excluding carboxylic acids is 3. The summed E-state index contributed by atoms with van der Waals surface area (Å²) in [5.41, 5.74) is 0. The van der Waals surface area contributed by atoms with Crippen LogP contribution in [0.4, 0.5) is 0 Å². The molecule has 0 aromatic rings. The van der Waals surface area contributed by atoms with Crippen LogP contribution in [0.5, 0.6) is 0 Å². The number of allylic oxidation sites excluding steroid dienone is 10. The molecule has 0 aliphatic heterocycles. The lowest BCUT2D eigenvalue weighted by atomic mass is 10.0. The normalized spacial score (nSPS) is 13.1. The molecular formula is C68H123NO8. The average Bonchev–Trinajstić information content (AvgIpc) is 3.40. The lowest BCUT2D eigenvalue weighted by Crippen LogP contribution is -2.44. The molecule has 0 heterocycles. The van der Waals surface area contributed by atoms with Gasteiger partial charge in [0.15, 0.2) is 12.4 Å². The van der Waals surface area contributed by atoms with Crippen molar-refractivity contribution in [2.45, 2.75) is 309 Å². The lowest BCUT2D eigenvalue weighted by Gasteiger charge is -2.26. The number of aliphatic carboxylic acids is 1. The Kier molecular flexibility index (Phi) is 56.8. The summed E-state index contributed by atoms with van der Waals surface area (Å²) in [6, 6.07) is 0. The number of rotatable bonds is 60. The van der Waals surface area contributed by atoms with Crippen LogP contribution in [0.2, 0.25) is 0 Å². The highest BCUT2D eigenvalue weighted by atomic mass is 16.7. The summed E-state index contributed by atoms with van der Waals surface area (Å²) in [7, 11) is 5.93. The Morgan fingerprint density at radius 1 is 0.403 bits per heavy atom. The second-order valence-corrected chi connectivity index (χ2v) is 23.0. The van der Waals surface area contributed by atoms with E-state index in [-0.39, 0.29) is 32.2 Å². The molecule has 0 saturated heterocycles. The van der Waals surface area contributed by atoms with Gasteiger partial charge in [0.1, 0.15) is 13.2 Å². The molecule has 0 fully saturated rings. The van der Waals surface area contributed by atoms with Crippen molar-refractivity contribution in [1.82, 2.24) is 0 Å². The Hall–Kier alpha value is -3.01. The van der Waals surface area contributed by atoms with Crippen LogP contribution in [0.15, 0.2) is 60.8 Å². The summed E-state index contributed by atoms with van der Waals surface area (Å²) in [6.07, 6.45) is 72.9. The van der Waals surface area contributed by atoms with Crippen LogP contribution in [0, 0.1) is 0 Å². The third kappa shape index (κ3) is 60.5. The van der Waals surface area contributed by atoms with Crippen molar-refractivity contribution in [3.05, 3.63) is 60.8 Å². The zero-order chi connectivity index (χ0) is 56.2. The van der Waals surface area contributed by atoms with Gasteiger partial charge in [-0.05, 0) is 77.0 Å². The maximum atomic E-state index is 12.9. The van der Waals surface area contributed by atoms with Crippen molar-refractivity contribution in [2.75, 3.05) is 47.5 Å². The number of likely N-dealkylation sites (N-methyl/N-ethyl adjacent to an activating group) is 1. The molecule has 0 radical (unpaired) electrons. The van der Waals surface area contributed by atoms with Gasteiger partial charge in [-0.3, -0.25) is 9.59 Å². The molecule has 0 spiro atoms. The van der Waals surface area contributed by atoms with Crippen molar-refractivity contribution < 1.29 is 42.9 Å². The molecule has 9 nitrogen and oxygen atoms in total. The molecule has 9 heteroatoms. The Bertz CT molecular complexity index is 1450. The Balaban J connectivity index is 4.08. The summed E-state index contributed by atoms with van der Waals surface area (Å²) in [4.78, 5) is 37.4. The highest BCUT2D eigenvalue weighted by Crippen LogP contribution is 2.17. The molecule has 0 amide bonds. The maximum Gasteiger partial charge on any atom is 0.306 e. The second kappa shape index (κ2) is 59.1. The number of carboxylic acids is 1. The third-order valence-corrected chi connectivity index (χ3v) is 14.2. The number of quaternary nitrogens is 1. The fourth-order valence-electron chi connectivity index (χ4n) is 9.29. The number of unbranched alkanes of at least 4 members (excludes halogenated alkanes) is 35. The summed E-state index contributed by atoms with van der Waals surface area (Å²) >= 11 is 0. The molecule has 0 rings (SSSR count). The van der Waals surface area contributed by atoms with E-state index < -0.39 is 24.3 Å². The summed E-state index contributed by atoms with van der Waals surface area (Å²) in [5, 5.41) is 11.8. The summed E-state index contributed by atoms with van der Waals surface area (Å²) < 4.78 is 22.8. The molecule has 0 aromatic carbocycles. The van der Waals surface area contributed by atoms with E-state index in [9.17, 15) is 19.5 Å². The number of esters is 2. The second-order valence-electron chi connectivity index (χ2n) is 23.0. The van der Waals surface area contributed by atoms with Crippen molar-refractivity contribution >= 4 is 17.9 Å². The summed E-state index contributed by atoms with van der Waals surface area (Å²) in [5.74, 6) is -2.27. The number of carbonyl (C=O) groups is 3. The quantitative estimate of drug-likeness (QED) is 0.0195. The van der Waals surface area contributed by atoms with Gasteiger partial charge in [-0.1, -0.05) is 267 Å². The van der Waals surface area contributed by atoms with Crippen molar-refractivity contribution in [1.29, 1.82) is 0 Å². The SMILES string of the molecule is CC/C=C\C/C=C\C/C=C\C/C=C\CCCCCCCCCCCCCCCCCCCCCCC(=O)OC(COC(=O)CCCCCCCCCCC/C=C\CCCCCCCC)COC(OCC[N+](C)(C)C)C(=O)[O-]. The third-order valence-electron chi connectivity index (χ3n) is 14.2. The molecule has 0 N–H and O–H groups in total. The minimum atomic E-state index is -1.62. The van der Waals surface area contributed by atoms with E-state index in [2.05, 4.69) is 74.6 Å². The van der Waals surface area contributed by atoms with Gasteiger partial charge in [0.05, 0.1) is 40.3 Å². The smallest absolute Gasteiger partial charge is 0.306 e. The van der Waals surface area contributed by atoms with Gasteiger partial charge in [0.2, 0.25) is 0 Å². The standard InChI is InChI=1S/C68H123NO8/c1-6-8-10-12-14-16-18-20-22-24-26-27-28-29-30-31-32-33-34-35-36-37-38-39-41-43-45-47-49-51-53-55-57-59-66(71)77-64(63-76-68(67(72)73)74-61-60-69(3,4)5)62-75-65(70)58-56-54-52-50-48-46-44-42-40-25-23-21-19-17-15-13-11-9-7-2/h8,10,14,16,20-23,26-27,64,68H,6-7,9,11-13,15,17-19,24-25,28-63H2,1-5H3/b10-8-,16-14-,22-20-,23-21-,27-26-. The molecule has 2 atom stereocenters. The summed E-state index contributed by atoms with van der Waals surface area (Å²) in [6.45, 7) is 4.67. The first-order chi connectivity index (χ1) is 37.6. The Labute approximate surface area is 475 Å². The molecule has 77 heavy (non-hydrogen) atoms. The minimum Gasteiger partial charge on any atom is -0.545 e. The van der Waals surface area contributed by atoms with E-state index >= 15 is 0 Å². The fraction of sp³-hybridized carbons (Fsp3) is 0.809. The Morgan fingerprint density at radius 3 is 1.12 bits per heavy atom. The van der Waals surface area contributed by atoms with E-state index in [4.69, 9.17) is 18.9 Å². The van der Waals surface area contributed by atoms with Crippen LogP contribution in [0.25, 0.3) is 0 Å². The first-order valence-electron chi connectivity index (χ1n) is 32.4. The van der Waals surface area contributed by atoms with E-state index in [0.29, 0.717) is 23.9 Å². The number of carboxylic acid groups (broad SMARTS) is 1. The molecule has 0 bridgehead atoms. The van der Waals surface area contributed by atoms with Crippen LogP contribution >= 0.6 is 0 Å². The number of nitrogens with zero attached hydrogens (tertiary/aromatic N) is 1. The van der Waals surface area contributed by atoms with Gasteiger partial charge in [-0.2, -0.15) is 0 Å². The average molecular weight is 1080 g/mol. The highest BCUT2D eigenvalue weighted by molar-refractivity contribution is 5.70. The Morgan fingerprint density at radius 2 is 0.740 bits per heavy atom. The predicted octanol–water partition coefficient (Wildman–Crippen LogP) is 18.2. The first-order valence-corrected chi connectivity index (χ1v) is 32.4. The van der Waals surface area contributed by atoms with Gasteiger partial charge >= 0.3 is 11.9 Å². The highest BCUT2D eigenvalue weighted by Gasteiger charge is 2.22. The van der Waals surface area contributed by atoms with E-state index in [0.717, 1.165) is 57.8 Å². The monoisotopic (exact) mass is 1080 g/mol. The van der Waals surface area contributed by atoms with Crippen LogP contribution in [-0.2, 0) is 33.3 Å². The fourth-order valence-corrected chi connectivity index (χ4v) is 9.29. The molecule has 0 aromatic heterocycles.